The number of hydrogen-bond acceptors (Lipinski definition) is 8. The quantitative estimate of drug-likeness (QED) is 0.588. The number of methoxy groups -OCH3 is 2. The van der Waals surface area contributed by atoms with Crippen molar-refractivity contribution in [3.05, 3.63) is 29.9 Å². The Hall–Kier alpha value is -1.88. The summed E-state index contributed by atoms with van der Waals surface area (Å²) in [5.41, 5.74) is 0. The molecule has 0 radical (unpaired) electrons. The van der Waals surface area contributed by atoms with Crippen molar-refractivity contribution in [1.82, 2.24) is 20.2 Å². The maximum absolute atomic E-state index is 12.4. The number of rotatable bonds is 10. The van der Waals surface area contributed by atoms with E-state index in [1.165, 1.54) is 26.4 Å². The fourth-order valence-electron chi connectivity index (χ4n) is 2.21. The van der Waals surface area contributed by atoms with Gasteiger partial charge in [-0.25, -0.2) is 13.1 Å². The molecule has 0 aliphatic rings. The molecular formula is C16H25ClN4O5S. The number of nitrogens with zero attached hydrogens (tertiary/aromatic N) is 2. The lowest BCUT2D eigenvalue weighted by molar-refractivity contribution is 0.354. The normalized spacial score (nSPS) is 12.3. The molecule has 11 heteroatoms. The molecule has 1 heterocycles. The standard InChI is InChI=1S/C16H24N4O5S.ClH/c1-11(17-2)9-15-19-16(25-20-15)7-8-18-26(21,22)12-5-6-13(23-3)14(10-12)24-4;/h5-6,10-11,17-18H,7-9H2,1-4H3;1H. The summed E-state index contributed by atoms with van der Waals surface area (Å²) in [5.74, 6) is 1.78. The summed E-state index contributed by atoms with van der Waals surface area (Å²) < 4.78 is 42.7. The van der Waals surface area contributed by atoms with Gasteiger partial charge in [0.25, 0.3) is 0 Å². The van der Waals surface area contributed by atoms with Gasteiger partial charge in [-0.2, -0.15) is 4.98 Å². The van der Waals surface area contributed by atoms with Crippen molar-refractivity contribution in [2.24, 2.45) is 0 Å². The van der Waals surface area contributed by atoms with Crippen LogP contribution in [0.1, 0.15) is 18.6 Å². The van der Waals surface area contributed by atoms with E-state index in [9.17, 15) is 8.42 Å². The minimum atomic E-state index is -3.69. The zero-order chi connectivity index (χ0) is 19.2. The first kappa shape index (κ1) is 23.2. The first-order valence-corrected chi connectivity index (χ1v) is 9.58. The van der Waals surface area contributed by atoms with Gasteiger partial charge >= 0.3 is 0 Å². The van der Waals surface area contributed by atoms with Crippen LogP contribution in [-0.4, -0.2) is 52.4 Å². The molecule has 0 amide bonds. The largest absolute Gasteiger partial charge is 0.493 e. The predicted octanol–water partition coefficient (Wildman–Crippen LogP) is 1.18. The van der Waals surface area contributed by atoms with E-state index in [1.54, 1.807) is 6.07 Å². The summed E-state index contributed by atoms with van der Waals surface area (Å²) in [6, 6.07) is 4.63. The third kappa shape index (κ3) is 6.35. The molecule has 0 saturated carbocycles. The molecule has 152 valence electrons. The summed E-state index contributed by atoms with van der Waals surface area (Å²) in [4.78, 5) is 4.34. The Morgan fingerprint density at radius 1 is 1.22 bits per heavy atom. The average molecular weight is 421 g/mol. The molecule has 1 aromatic heterocycles. The molecule has 0 aliphatic heterocycles. The second kappa shape index (κ2) is 10.5. The van der Waals surface area contributed by atoms with E-state index < -0.39 is 10.0 Å². The van der Waals surface area contributed by atoms with Crippen molar-refractivity contribution in [2.75, 3.05) is 27.8 Å². The molecular weight excluding hydrogens is 396 g/mol. The van der Waals surface area contributed by atoms with E-state index in [4.69, 9.17) is 14.0 Å². The zero-order valence-corrected chi connectivity index (χ0v) is 17.3. The van der Waals surface area contributed by atoms with Gasteiger partial charge in [0, 0.05) is 31.5 Å². The topological polar surface area (TPSA) is 116 Å². The van der Waals surface area contributed by atoms with Crippen molar-refractivity contribution >= 4 is 22.4 Å². The van der Waals surface area contributed by atoms with Crippen LogP contribution in [0.5, 0.6) is 11.5 Å². The van der Waals surface area contributed by atoms with E-state index in [0.717, 1.165) is 0 Å². The molecule has 2 aromatic rings. The predicted molar refractivity (Wildman–Crippen MR) is 102 cm³/mol. The summed E-state index contributed by atoms with van der Waals surface area (Å²) >= 11 is 0. The highest BCUT2D eigenvalue weighted by molar-refractivity contribution is 7.89. The number of nitrogens with one attached hydrogen (secondary N) is 2. The van der Waals surface area contributed by atoms with Gasteiger partial charge in [-0.1, -0.05) is 5.16 Å². The Morgan fingerprint density at radius 2 is 1.93 bits per heavy atom. The van der Waals surface area contributed by atoms with E-state index in [1.807, 2.05) is 14.0 Å². The van der Waals surface area contributed by atoms with Crippen molar-refractivity contribution in [3.8, 4) is 11.5 Å². The molecule has 1 aromatic carbocycles. The number of hydrogen-bond donors (Lipinski definition) is 2. The van der Waals surface area contributed by atoms with Crippen molar-refractivity contribution in [1.29, 1.82) is 0 Å². The first-order valence-electron chi connectivity index (χ1n) is 8.10. The number of ether oxygens (including phenoxy) is 2. The Labute approximate surface area is 165 Å². The van der Waals surface area contributed by atoms with Gasteiger partial charge in [0.2, 0.25) is 15.9 Å². The van der Waals surface area contributed by atoms with E-state index in [-0.39, 0.29) is 29.9 Å². The van der Waals surface area contributed by atoms with Crippen molar-refractivity contribution in [2.45, 2.75) is 30.7 Å². The number of aromatic nitrogens is 2. The van der Waals surface area contributed by atoms with Crippen LogP contribution in [0.4, 0.5) is 0 Å². The van der Waals surface area contributed by atoms with Crippen LogP contribution >= 0.6 is 12.4 Å². The molecule has 2 rings (SSSR count). The van der Waals surface area contributed by atoms with Crippen LogP contribution in [0.25, 0.3) is 0 Å². The van der Waals surface area contributed by atoms with Gasteiger partial charge in [-0.15, -0.1) is 12.4 Å². The lowest BCUT2D eigenvalue weighted by Crippen LogP contribution is -2.26. The van der Waals surface area contributed by atoms with Crippen LogP contribution < -0.4 is 19.5 Å². The minimum absolute atomic E-state index is 0. The van der Waals surface area contributed by atoms with Crippen LogP contribution in [0.3, 0.4) is 0 Å². The monoisotopic (exact) mass is 420 g/mol. The molecule has 27 heavy (non-hydrogen) atoms. The molecule has 9 nitrogen and oxygen atoms in total. The van der Waals surface area contributed by atoms with Crippen molar-refractivity contribution in [3.63, 3.8) is 0 Å². The van der Waals surface area contributed by atoms with Gasteiger partial charge in [0.15, 0.2) is 17.3 Å². The van der Waals surface area contributed by atoms with Crippen LogP contribution in [0, 0.1) is 0 Å². The van der Waals surface area contributed by atoms with E-state index in [0.29, 0.717) is 36.1 Å². The maximum atomic E-state index is 12.4. The molecule has 0 spiro atoms. The Bertz CT molecular complexity index is 828. The van der Waals surface area contributed by atoms with Gasteiger partial charge in [-0.3, -0.25) is 0 Å². The lowest BCUT2D eigenvalue weighted by Gasteiger charge is -2.10. The van der Waals surface area contributed by atoms with Crippen LogP contribution in [0.15, 0.2) is 27.6 Å². The van der Waals surface area contributed by atoms with Crippen LogP contribution in [0.2, 0.25) is 0 Å². The molecule has 0 bridgehead atoms. The fourth-order valence-corrected chi connectivity index (χ4v) is 3.26. The molecule has 2 N–H and O–H groups in total. The Balaban J connectivity index is 0.00000364. The number of likely N-dealkylation sites (N-methyl/N-ethyl adjacent to an activating group) is 1. The number of halogens is 1. The average Bonchev–Trinajstić information content (AvgIpc) is 3.07. The summed E-state index contributed by atoms with van der Waals surface area (Å²) in [7, 11) is 1.10. The highest BCUT2D eigenvalue weighted by Gasteiger charge is 2.17. The maximum Gasteiger partial charge on any atom is 0.240 e. The fraction of sp³-hybridized carbons (Fsp3) is 0.500. The van der Waals surface area contributed by atoms with Gasteiger partial charge in [-0.05, 0) is 26.1 Å². The zero-order valence-electron chi connectivity index (χ0n) is 15.7. The summed E-state index contributed by atoms with van der Waals surface area (Å²) in [6.07, 6.45) is 0.935. The molecule has 1 unspecified atom stereocenters. The number of sulfonamides is 1. The third-order valence-electron chi connectivity index (χ3n) is 3.79. The Morgan fingerprint density at radius 3 is 2.56 bits per heavy atom. The van der Waals surface area contributed by atoms with Gasteiger partial charge < -0.3 is 19.3 Å². The van der Waals surface area contributed by atoms with Gasteiger partial charge in [0.05, 0.1) is 19.1 Å². The molecule has 0 aliphatic carbocycles. The van der Waals surface area contributed by atoms with Crippen molar-refractivity contribution < 1.29 is 22.4 Å². The van der Waals surface area contributed by atoms with Crippen LogP contribution in [-0.2, 0) is 22.9 Å². The highest BCUT2D eigenvalue weighted by Crippen LogP contribution is 2.29. The lowest BCUT2D eigenvalue weighted by atomic mass is 10.2. The SMILES string of the molecule is CNC(C)Cc1noc(CCNS(=O)(=O)c2ccc(OC)c(OC)c2)n1.Cl. The van der Waals surface area contributed by atoms with E-state index >= 15 is 0 Å². The first-order chi connectivity index (χ1) is 12.4. The smallest absolute Gasteiger partial charge is 0.240 e. The highest BCUT2D eigenvalue weighted by atomic mass is 35.5. The molecule has 0 saturated heterocycles. The summed E-state index contributed by atoms with van der Waals surface area (Å²) in [5, 5.41) is 6.97. The van der Waals surface area contributed by atoms with Gasteiger partial charge in [0.1, 0.15) is 0 Å². The molecule has 0 fully saturated rings. The third-order valence-corrected chi connectivity index (χ3v) is 5.25. The van der Waals surface area contributed by atoms with E-state index in [2.05, 4.69) is 20.2 Å². The second-order valence-electron chi connectivity index (χ2n) is 5.66. The Kier molecular flexibility index (Phi) is 8.97. The minimum Gasteiger partial charge on any atom is -0.493 e. The molecule has 1 atom stereocenters. The summed E-state index contributed by atoms with van der Waals surface area (Å²) in [6.45, 7) is 2.15. The number of benzene rings is 1. The second-order valence-corrected chi connectivity index (χ2v) is 7.43.